The van der Waals surface area contributed by atoms with Crippen molar-refractivity contribution in [1.29, 1.82) is 0 Å². The second kappa shape index (κ2) is 17.1. The van der Waals surface area contributed by atoms with Gasteiger partial charge >= 0.3 is 0 Å². The van der Waals surface area contributed by atoms with E-state index < -0.39 is 0 Å². The molecule has 0 aliphatic rings. The summed E-state index contributed by atoms with van der Waals surface area (Å²) in [6.45, 7) is 6.90. The molecular weight excluding hydrogens is 154 g/mol. The fourth-order valence-electron chi connectivity index (χ4n) is 0.549. The molecule has 0 unspecified atom stereocenters. The lowest BCUT2D eigenvalue weighted by atomic mass is 10.4. The minimum absolute atomic E-state index is 0.0938. The van der Waals surface area contributed by atoms with Crippen LogP contribution in [0, 0.1) is 0 Å². The van der Waals surface area contributed by atoms with Gasteiger partial charge in [0.25, 0.3) is 0 Å². The summed E-state index contributed by atoms with van der Waals surface area (Å²) in [6.07, 6.45) is 3.00. The van der Waals surface area contributed by atoms with Gasteiger partial charge in [-0.25, -0.2) is 0 Å². The first-order valence-electron chi connectivity index (χ1n) is 4.75. The maximum atomic E-state index is 7.91. The van der Waals surface area contributed by atoms with E-state index in [0.717, 1.165) is 0 Å². The molecule has 0 atom stereocenters. The molecule has 0 aromatic heterocycles. The van der Waals surface area contributed by atoms with Crippen LogP contribution in [0.5, 0.6) is 0 Å². The highest BCUT2D eigenvalue weighted by Crippen LogP contribution is 1.71. The Bertz CT molecular complexity index is 54.5. The molecule has 3 nitrogen and oxygen atoms in total. The Hall–Kier alpha value is -0.120. The van der Waals surface area contributed by atoms with Gasteiger partial charge in [-0.1, -0.05) is 13.8 Å². The molecule has 0 saturated carbocycles. The molecule has 0 aromatic carbocycles. The summed E-state index contributed by atoms with van der Waals surface area (Å²) >= 11 is 0. The van der Waals surface area contributed by atoms with Crippen molar-refractivity contribution in [1.82, 2.24) is 5.32 Å². The SMILES string of the molecule is CCCNCCC.OCCCO. The van der Waals surface area contributed by atoms with Crippen molar-refractivity contribution >= 4 is 0 Å². The van der Waals surface area contributed by atoms with Crippen LogP contribution in [0.25, 0.3) is 0 Å². The van der Waals surface area contributed by atoms with Crippen LogP contribution in [0.3, 0.4) is 0 Å². The molecule has 0 saturated heterocycles. The van der Waals surface area contributed by atoms with Crippen LogP contribution < -0.4 is 5.32 Å². The van der Waals surface area contributed by atoms with Gasteiger partial charge in [-0.15, -0.1) is 0 Å². The summed E-state index contributed by atoms with van der Waals surface area (Å²) in [5, 5.41) is 19.1. The van der Waals surface area contributed by atoms with Crippen molar-refractivity contribution in [2.24, 2.45) is 0 Å². The summed E-state index contributed by atoms with van der Waals surface area (Å²) in [6, 6.07) is 0. The summed E-state index contributed by atoms with van der Waals surface area (Å²) in [7, 11) is 0. The average molecular weight is 177 g/mol. The summed E-state index contributed by atoms with van der Waals surface area (Å²) < 4.78 is 0. The third kappa shape index (κ3) is 22.5. The monoisotopic (exact) mass is 177 g/mol. The van der Waals surface area contributed by atoms with Crippen molar-refractivity contribution in [2.75, 3.05) is 26.3 Å². The number of rotatable bonds is 6. The van der Waals surface area contributed by atoms with Crippen molar-refractivity contribution in [3.8, 4) is 0 Å². The molecule has 3 N–H and O–H groups in total. The Morgan fingerprint density at radius 3 is 1.50 bits per heavy atom. The maximum Gasteiger partial charge on any atom is 0.0452 e. The van der Waals surface area contributed by atoms with Crippen molar-refractivity contribution < 1.29 is 10.2 Å². The first kappa shape index (κ1) is 14.4. The van der Waals surface area contributed by atoms with Crippen LogP contribution in [-0.2, 0) is 0 Å². The molecule has 0 heterocycles. The van der Waals surface area contributed by atoms with Crippen LogP contribution in [-0.4, -0.2) is 36.5 Å². The zero-order valence-corrected chi connectivity index (χ0v) is 8.34. The number of nitrogens with one attached hydrogen (secondary N) is 1. The third-order valence-corrected chi connectivity index (χ3v) is 1.17. The predicted molar refractivity (Wildman–Crippen MR) is 52.2 cm³/mol. The van der Waals surface area contributed by atoms with Gasteiger partial charge in [0.2, 0.25) is 0 Å². The Kier molecular flexibility index (Phi) is 20.5. The highest BCUT2D eigenvalue weighted by molar-refractivity contribution is 4.39. The van der Waals surface area contributed by atoms with Gasteiger partial charge in [-0.05, 0) is 32.4 Å². The predicted octanol–water partition coefficient (Wildman–Crippen LogP) is 0.757. The average Bonchev–Trinajstić information content (AvgIpc) is 2.08. The van der Waals surface area contributed by atoms with Gasteiger partial charge in [0, 0.05) is 13.2 Å². The minimum Gasteiger partial charge on any atom is -0.396 e. The molecule has 0 aliphatic heterocycles. The first-order valence-corrected chi connectivity index (χ1v) is 4.75. The lowest BCUT2D eigenvalue weighted by Gasteiger charge is -1.95. The number of hydrogen-bond acceptors (Lipinski definition) is 3. The molecule has 0 bridgehead atoms. The van der Waals surface area contributed by atoms with E-state index >= 15 is 0 Å². The quantitative estimate of drug-likeness (QED) is 0.525. The molecule has 0 aliphatic carbocycles. The molecule has 0 amide bonds. The van der Waals surface area contributed by atoms with Crippen LogP contribution in [0.15, 0.2) is 0 Å². The van der Waals surface area contributed by atoms with Crippen LogP contribution in [0.4, 0.5) is 0 Å². The summed E-state index contributed by atoms with van der Waals surface area (Å²) in [5.74, 6) is 0. The second-order valence-corrected chi connectivity index (χ2v) is 2.55. The fraction of sp³-hybridized carbons (Fsp3) is 1.00. The maximum absolute atomic E-state index is 7.91. The van der Waals surface area contributed by atoms with E-state index in [1.165, 1.54) is 25.9 Å². The molecule has 3 heteroatoms. The van der Waals surface area contributed by atoms with E-state index in [1.807, 2.05) is 0 Å². The van der Waals surface area contributed by atoms with Crippen molar-refractivity contribution in [3.05, 3.63) is 0 Å². The minimum atomic E-state index is 0.0938. The third-order valence-electron chi connectivity index (χ3n) is 1.17. The normalized spacial score (nSPS) is 9.00. The molecule has 0 aromatic rings. The number of aliphatic hydroxyl groups is 2. The van der Waals surface area contributed by atoms with Crippen LogP contribution >= 0.6 is 0 Å². The molecule has 0 radical (unpaired) electrons. The number of aliphatic hydroxyl groups excluding tert-OH is 2. The smallest absolute Gasteiger partial charge is 0.0452 e. The highest BCUT2D eigenvalue weighted by atomic mass is 16.3. The van der Waals surface area contributed by atoms with Crippen LogP contribution in [0.2, 0.25) is 0 Å². The molecule has 0 rings (SSSR count). The largest absolute Gasteiger partial charge is 0.396 e. The van der Waals surface area contributed by atoms with E-state index in [4.69, 9.17) is 10.2 Å². The second-order valence-electron chi connectivity index (χ2n) is 2.55. The summed E-state index contributed by atoms with van der Waals surface area (Å²) in [5.41, 5.74) is 0. The highest BCUT2D eigenvalue weighted by Gasteiger charge is 1.76. The first-order chi connectivity index (χ1) is 5.83. The Balaban J connectivity index is 0. The van der Waals surface area contributed by atoms with E-state index in [0.29, 0.717) is 6.42 Å². The molecular formula is C9H23NO2. The van der Waals surface area contributed by atoms with Gasteiger partial charge < -0.3 is 15.5 Å². The van der Waals surface area contributed by atoms with Crippen molar-refractivity contribution in [2.45, 2.75) is 33.1 Å². The van der Waals surface area contributed by atoms with Crippen LogP contribution in [0.1, 0.15) is 33.1 Å². The molecule has 12 heavy (non-hydrogen) atoms. The van der Waals surface area contributed by atoms with Gasteiger partial charge in [0.05, 0.1) is 0 Å². The molecule has 0 spiro atoms. The number of hydrogen-bond donors (Lipinski definition) is 3. The molecule has 0 fully saturated rings. The van der Waals surface area contributed by atoms with Gasteiger partial charge in [-0.2, -0.15) is 0 Å². The lowest BCUT2D eigenvalue weighted by Crippen LogP contribution is -2.14. The Morgan fingerprint density at radius 1 is 0.917 bits per heavy atom. The van der Waals surface area contributed by atoms with Gasteiger partial charge in [0.15, 0.2) is 0 Å². The summed E-state index contributed by atoms with van der Waals surface area (Å²) in [4.78, 5) is 0. The fourth-order valence-corrected chi connectivity index (χ4v) is 0.549. The van der Waals surface area contributed by atoms with E-state index in [9.17, 15) is 0 Å². The van der Waals surface area contributed by atoms with Gasteiger partial charge in [0.1, 0.15) is 0 Å². The zero-order chi connectivity index (χ0) is 9.66. The lowest BCUT2D eigenvalue weighted by molar-refractivity contribution is 0.221. The standard InChI is InChI=1S/C6H15N.C3H8O2/c1-3-5-7-6-4-2;4-2-1-3-5/h7H,3-6H2,1-2H3;4-5H,1-3H2. The van der Waals surface area contributed by atoms with Gasteiger partial charge in [-0.3, -0.25) is 0 Å². The Morgan fingerprint density at radius 2 is 1.33 bits per heavy atom. The topological polar surface area (TPSA) is 52.5 Å². The van der Waals surface area contributed by atoms with E-state index in [1.54, 1.807) is 0 Å². The Labute approximate surface area is 75.8 Å². The van der Waals surface area contributed by atoms with E-state index in [-0.39, 0.29) is 13.2 Å². The van der Waals surface area contributed by atoms with Crippen molar-refractivity contribution in [3.63, 3.8) is 0 Å². The molecule has 76 valence electrons. The zero-order valence-electron chi connectivity index (χ0n) is 8.34. The van der Waals surface area contributed by atoms with E-state index in [2.05, 4.69) is 19.2 Å².